The van der Waals surface area contributed by atoms with Crippen molar-refractivity contribution in [1.82, 2.24) is 0 Å². The van der Waals surface area contributed by atoms with Crippen LogP contribution in [0, 0.1) is 0 Å². The smallest absolute Gasteiger partial charge is 0.139 e. The monoisotopic (exact) mass is 280 g/mol. The van der Waals surface area contributed by atoms with E-state index in [2.05, 4.69) is 27.3 Å². The second kappa shape index (κ2) is 6.04. The first-order valence-electron chi connectivity index (χ1n) is 5.72. The second-order valence-corrected chi connectivity index (χ2v) is 4.99. The molecule has 1 aromatic carbocycles. The van der Waals surface area contributed by atoms with Crippen molar-refractivity contribution >= 4 is 22.1 Å². The summed E-state index contributed by atoms with van der Waals surface area (Å²) in [6.45, 7) is 0. The van der Waals surface area contributed by atoms with Gasteiger partial charge in [0.1, 0.15) is 12.3 Å². The van der Waals surface area contributed by atoms with E-state index >= 15 is 0 Å². The SMILES string of the molecule is Brc1cccc(/[C]=N/OC2CCCCC2)c1. The van der Waals surface area contributed by atoms with Crippen LogP contribution in [0.25, 0.3) is 0 Å². The fourth-order valence-corrected chi connectivity index (χ4v) is 2.28. The van der Waals surface area contributed by atoms with E-state index in [1.54, 1.807) is 0 Å². The van der Waals surface area contributed by atoms with E-state index in [1.807, 2.05) is 24.3 Å². The van der Waals surface area contributed by atoms with Crippen LogP contribution in [0.3, 0.4) is 0 Å². The number of halogens is 1. The highest BCUT2D eigenvalue weighted by molar-refractivity contribution is 9.10. The summed E-state index contributed by atoms with van der Waals surface area (Å²) in [5.41, 5.74) is 0.935. The van der Waals surface area contributed by atoms with Gasteiger partial charge in [0.25, 0.3) is 0 Å². The molecule has 85 valence electrons. The number of hydrogen-bond acceptors (Lipinski definition) is 2. The first-order chi connectivity index (χ1) is 7.84. The van der Waals surface area contributed by atoms with Gasteiger partial charge in [-0.2, -0.15) is 0 Å². The molecule has 1 aromatic rings. The van der Waals surface area contributed by atoms with E-state index in [9.17, 15) is 0 Å². The van der Waals surface area contributed by atoms with E-state index in [0.717, 1.165) is 22.9 Å². The lowest BCUT2D eigenvalue weighted by atomic mass is 9.98. The van der Waals surface area contributed by atoms with Crippen LogP contribution in [0.1, 0.15) is 37.7 Å². The van der Waals surface area contributed by atoms with Crippen molar-refractivity contribution < 1.29 is 4.84 Å². The number of rotatable bonds is 3. The molecule has 16 heavy (non-hydrogen) atoms. The first-order valence-corrected chi connectivity index (χ1v) is 6.51. The molecule has 0 unspecified atom stereocenters. The molecule has 1 aliphatic carbocycles. The molecule has 0 atom stereocenters. The first kappa shape index (κ1) is 11.6. The van der Waals surface area contributed by atoms with Gasteiger partial charge in [0.15, 0.2) is 0 Å². The van der Waals surface area contributed by atoms with Gasteiger partial charge >= 0.3 is 0 Å². The van der Waals surface area contributed by atoms with Gasteiger partial charge in [0.05, 0.1) is 0 Å². The summed E-state index contributed by atoms with van der Waals surface area (Å²) in [4.78, 5) is 5.43. The van der Waals surface area contributed by atoms with Crippen molar-refractivity contribution in [1.29, 1.82) is 0 Å². The van der Waals surface area contributed by atoms with Crippen molar-refractivity contribution in [3.63, 3.8) is 0 Å². The largest absolute Gasteiger partial charge is 0.392 e. The summed E-state index contributed by atoms with van der Waals surface area (Å²) in [6.07, 6.45) is 9.32. The minimum absolute atomic E-state index is 0.299. The van der Waals surface area contributed by atoms with Crippen LogP contribution in [0.2, 0.25) is 0 Å². The van der Waals surface area contributed by atoms with Crippen LogP contribution < -0.4 is 0 Å². The average Bonchev–Trinajstić information content (AvgIpc) is 2.30. The van der Waals surface area contributed by atoms with E-state index in [-0.39, 0.29) is 0 Å². The molecular formula is C13H15BrNO. The molecule has 0 heterocycles. The predicted octanol–water partition coefficient (Wildman–Crippen LogP) is 4.01. The summed E-state index contributed by atoms with van der Waals surface area (Å²) in [7, 11) is 0. The quantitative estimate of drug-likeness (QED) is 0.606. The van der Waals surface area contributed by atoms with Crippen molar-refractivity contribution in [3.05, 3.63) is 34.3 Å². The lowest BCUT2D eigenvalue weighted by Crippen LogP contribution is -2.13. The van der Waals surface area contributed by atoms with Crippen LogP contribution >= 0.6 is 15.9 Å². The number of hydrogen-bond donors (Lipinski definition) is 0. The molecule has 2 rings (SSSR count). The highest BCUT2D eigenvalue weighted by Crippen LogP contribution is 2.20. The van der Waals surface area contributed by atoms with E-state index in [1.165, 1.54) is 19.3 Å². The molecule has 0 bridgehead atoms. The predicted molar refractivity (Wildman–Crippen MR) is 68.6 cm³/mol. The zero-order chi connectivity index (χ0) is 11.2. The van der Waals surface area contributed by atoms with Gasteiger partial charge in [-0.05, 0) is 37.8 Å². The maximum Gasteiger partial charge on any atom is 0.139 e. The highest BCUT2D eigenvalue weighted by Gasteiger charge is 2.13. The number of nitrogens with zero attached hydrogens (tertiary/aromatic N) is 1. The van der Waals surface area contributed by atoms with Gasteiger partial charge < -0.3 is 4.84 Å². The fraction of sp³-hybridized carbons (Fsp3) is 0.462. The second-order valence-electron chi connectivity index (χ2n) is 4.08. The van der Waals surface area contributed by atoms with Gasteiger partial charge in [0.2, 0.25) is 0 Å². The molecule has 0 spiro atoms. The Kier molecular flexibility index (Phi) is 4.40. The third kappa shape index (κ3) is 3.63. The molecule has 0 saturated heterocycles. The zero-order valence-corrected chi connectivity index (χ0v) is 10.7. The Hall–Kier alpha value is -0.830. The third-order valence-corrected chi connectivity index (χ3v) is 3.25. The molecule has 0 aliphatic heterocycles. The van der Waals surface area contributed by atoms with Gasteiger partial charge in [-0.15, -0.1) is 0 Å². The Balaban J connectivity index is 1.84. The van der Waals surface area contributed by atoms with Crippen molar-refractivity contribution in [2.45, 2.75) is 38.2 Å². The van der Waals surface area contributed by atoms with Crippen molar-refractivity contribution in [3.8, 4) is 0 Å². The summed E-state index contributed by atoms with van der Waals surface area (Å²) in [5, 5.41) is 3.94. The Morgan fingerprint density at radius 1 is 1.25 bits per heavy atom. The van der Waals surface area contributed by atoms with Crippen molar-refractivity contribution in [2.75, 3.05) is 0 Å². The van der Waals surface area contributed by atoms with Crippen LogP contribution in [0.15, 0.2) is 33.9 Å². The summed E-state index contributed by atoms with van der Waals surface area (Å²) in [6, 6.07) is 7.86. The average molecular weight is 281 g/mol. The molecular weight excluding hydrogens is 266 g/mol. The number of benzene rings is 1. The normalized spacial score (nSPS) is 17.8. The van der Waals surface area contributed by atoms with Gasteiger partial charge in [-0.25, -0.2) is 0 Å². The molecule has 3 heteroatoms. The Morgan fingerprint density at radius 3 is 2.81 bits per heavy atom. The molecule has 2 nitrogen and oxygen atoms in total. The molecule has 1 radical (unpaired) electrons. The van der Waals surface area contributed by atoms with Gasteiger partial charge in [-0.1, -0.05) is 39.6 Å². The van der Waals surface area contributed by atoms with Crippen molar-refractivity contribution in [2.24, 2.45) is 5.16 Å². The maximum atomic E-state index is 5.43. The fourth-order valence-electron chi connectivity index (χ4n) is 1.88. The lowest BCUT2D eigenvalue weighted by Gasteiger charge is -2.18. The van der Waals surface area contributed by atoms with E-state index in [4.69, 9.17) is 4.84 Å². The summed E-state index contributed by atoms with van der Waals surface area (Å²) < 4.78 is 1.03. The Labute approximate surface area is 105 Å². The minimum Gasteiger partial charge on any atom is -0.392 e. The molecule has 1 saturated carbocycles. The molecule has 1 fully saturated rings. The molecule has 0 N–H and O–H groups in total. The van der Waals surface area contributed by atoms with Crippen LogP contribution in [-0.4, -0.2) is 12.3 Å². The van der Waals surface area contributed by atoms with Crippen LogP contribution in [-0.2, 0) is 4.84 Å². The van der Waals surface area contributed by atoms with Crippen LogP contribution in [0.5, 0.6) is 0 Å². The van der Waals surface area contributed by atoms with E-state index < -0.39 is 0 Å². The maximum absolute atomic E-state index is 5.43. The van der Waals surface area contributed by atoms with Gasteiger partial charge in [-0.3, -0.25) is 0 Å². The molecule has 1 aliphatic rings. The molecule has 0 aromatic heterocycles. The molecule has 0 amide bonds. The highest BCUT2D eigenvalue weighted by atomic mass is 79.9. The Bertz CT molecular complexity index is 359. The van der Waals surface area contributed by atoms with Gasteiger partial charge in [0, 0.05) is 10.0 Å². The Morgan fingerprint density at radius 2 is 2.06 bits per heavy atom. The minimum atomic E-state index is 0.299. The lowest BCUT2D eigenvalue weighted by molar-refractivity contribution is 0.0340. The zero-order valence-electron chi connectivity index (χ0n) is 9.16. The topological polar surface area (TPSA) is 21.6 Å². The van der Waals surface area contributed by atoms with Crippen LogP contribution in [0.4, 0.5) is 0 Å². The van der Waals surface area contributed by atoms with E-state index in [0.29, 0.717) is 6.10 Å². The summed E-state index contributed by atoms with van der Waals surface area (Å²) >= 11 is 3.41. The summed E-state index contributed by atoms with van der Waals surface area (Å²) in [5.74, 6) is 0. The third-order valence-electron chi connectivity index (χ3n) is 2.75. The standard InChI is InChI=1S/C13H15BrNO/c14-12-6-4-5-11(9-12)10-15-16-13-7-2-1-3-8-13/h4-6,9,13H,1-3,7-8H2.